The minimum atomic E-state index is -0.734. The van der Waals surface area contributed by atoms with Crippen LogP contribution in [0.5, 0.6) is 5.75 Å². The maximum absolute atomic E-state index is 13.3. The lowest BCUT2D eigenvalue weighted by Crippen LogP contribution is -2.30. The van der Waals surface area contributed by atoms with E-state index >= 15 is 0 Å². The van der Waals surface area contributed by atoms with E-state index in [-0.39, 0.29) is 16.9 Å². The summed E-state index contributed by atoms with van der Waals surface area (Å²) < 4.78 is 18.7. The molecule has 2 aromatic rings. The van der Waals surface area contributed by atoms with Gasteiger partial charge in [-0.1, -0.05) is 25.5 Å². The maximum Gasteiger partial charge on any atom is 0.295 e. The Morgan fingerprint density at radius 1 is 1.07 bits per heavy atom. The first kappa shape index (κ1) is 20.6. The molecule has 1 fully saturated rings. The lowest BCUT2D eigenvalue weighted by molar-refractivity contribution is -0.139. The molecule has 1 aliphatic heterocycles. The molecule has 1 saturated heterocycles. The smallest absolute Gasteiger partial charge is 0.295 e. The number of aliphatic hydroxyl groups is 1. The first-order valence-corrected chi connectivity index (χ1v) is 9.75. The maximum atomic E-state index is 13.3. The average Bonchev–Trinajstić information content (AvgIpc) is 2.98. The molecule has 5 nitrogen and oxygen atoms in total. The molecule has 0 radical (unpaired) electrons. The van der Waals surface area contributed by atoms with Gasteiger partial charge in [-0.25, -0.2) is 4.39 Å². The van der Waals surface area contributed by atoms with Gasteiger partial charge in [-0.15, -0.1) is 0 Å². The van der Waals surface area contributed by atoms with Crippen molar-refractivity contribution in [2.75, 3.05) is 13.2 Å². The summed E-state index contributed by atoms with van der Waals surface area (Å²) in [6.07, 6.45) is 1.59. The van der Waals surface area contributed by atoms with Crippen LogP contribution in [0.25, 0.3) is 5.76 Å². The lowest BCUT2D eigenvalue weighted by atomic mass is 9.95. The zero-order valence-electron chi connectivity index (χ0n) is 16.5. The number of carbonyl (C=O) groups excluding carboxylic acids is 2. The number of rotatable bonds is 7. The molecule has 1 heterocycles. The summed E-state index contributed by atoms with van der Waals surface area (Å²) in [5.41, 5.74) is 1.00. The number of halogens is 1. The predicted molar refractivity (Wildman–Crippen MR) is 108 cm³/mol. The summed E-state index contributed by atoms with van der Waals surface area (Å²) in [4.78, 5) is 27.0. The van der Waals surface area contributed by atoms with Crippen molar-refractivity contribution >= 4 is 17.4 Å². The van der Waals surface area contributed by atoms with Crippen LogP contribution in [0.4, 0.5) is 4.39 Å². The highest BCUT2D eigenvalue weighted by Gasteiger charge is 2.45. The van der Waals surface area contributed by atoms with Crippen molar-refractivity contribution < 1.29 is 23.8 Å². The number of Topliss-reactive ketones (excluding diaryl/α,β-unsaturated/α-hetero) is 1. The largest absolute Gasteiger partial charge is 0.507 e. The second kappa shape index (κ2) is 8.90. The van der Waals surface area contributed by atoms with Crippen LogP contribution in [0, 0.1) is 5.82 Å². The number of unbranched alkanes of at least 4 members (excludes halogenated alkanes) is 1. The minimum absolute atomic E-state index is 0.0156. The van der Waals surface area contributed by atoms with Crippen LogP contribution in [-0.2, 0) is 9.59 Å². The van der Waals surface area contributed by atoms with Gasteiger partial charge in [-0.3, -0.25) is 9.59 Å². The second-order valence-corrected chi connectivity index (χ2v) is 6.85. The van der Waals surface area contributed by atoms with E-state index in [9.17, 15) is 19.1 Å². The van der Waals surface area contributed by atoms with Gasteiger partial charge in [0.1, 0.15) is 17.3 Å². The molecule has 3 rings (SSSR count). The van der Waals surface area contributed by atoms with Crippen molar-refractivity contribution in [2.45, 2.75) is 32.7 Å². The normalized spacial score (nSPS) is 18.3. The first-order chi connectivity index (χ1) is 14.0. The number of hydrogen-bond acceptors (Lipinski definition) is 4. The first-order valence-electron chi connectivity index (χ1n) is 9.75. The van der Waals surface area contributed by atoms with Gasteiger partial charge in [0.25, 0.3) is 11.7 Å². The Morgan fingerprint density at radius 3 is 2.31 bits per heavy atom. The molecule has 2 aromatic carbocycles. The van der Waals surface area contributed by atoms with Crippen molar-refractivity contribution in [1.29, 1.82) is 0 Å². The molecule has 1 N–H and O–H groups in total. The Hall–Kier alpha value is -3.15. The highest BCUT2D eigenvalue weighted by molar-refractivity contribution is 6.46. The number of benzene rings is 2. The third-order valence-electron chi connectivity index (χ3n) is 4.92. The topological polar surface area (TPSA) is 66.8 Å². The molecule has 1 amide bonds. The van der Waals surface area contributed by atoms with E-state index in [0.29, 0.717) is 24.5 Å². The second-order valence-electron chi connectivity index (χ2n) is 6.85. The average molecular weight is 397 g/mol. The van der Waals surface area contributed by atoms with Crippen LogP contribution >= 0.6 is 0 Å². The van der Waals surface area contributed by atoms with Gasteiger partial charge in [-0.2, -0.15) is 0 Å². The summed E-state index contributed by atoms with van der Waals surface area (Å²) in [6, 6.07) is 11.6. The summed E-state index contributed by atoms with van der Waals surface area (Å²) in [6.45, 7) is 4.81. The molecule has 1 atom stereocenters. The van der Waals surface area contributed by atoms with Crippen LogP contribution in [0.2, 0.25) is 0 Å². The Kier molecular flexibility index (Phi) is 6.32. The number of nitrogens with zero attached hydrogens (tertiary/aromatic N) is 1. The quantitative estimate of drug-likeness (QED) is 0.426. The number of hydrogen-bond donors (Lipinski definition) is 1. The molecular formula is C23H24FNO4. The van der Waals surface area contributed by atoms with Gasteiger partial charge in [0.2, 0.25) is 0 Å². The number of ketones is 1. The molecule has 0 aliphatic carbocycles. The molecular weight excluding hydrogens is 373 g/mol. The lowest BCUT2D eigenvalue weighted by Gasteiger charge is -2.25. The van der Waals surface area contributed by atoms with E-state index in [1.807, 2.05) is 13.8 Å². The van der Waals surface area contributed by atoms with E-state index in [1.54, 1.807) is 24.3 Å². The number of amides is 1. The van der Waals surface area contributed by atoms with Crippen molar-refractivity contribution in [3.8, 4) is 5.75 Å². The number of aliphatic hydroxyl groups excluding tert-OH is 1. The van der Waals surface area contributed by atoms with Crippen molar-refractivity contribution in [2.24, 2.45) is 0 Å². The van der Waals surface area contributed by atoms with Crippen molar-refractivity contribution in [3.05, 3.63) is 71.0 Å². The number of carbonyl (C=O) groups is 2. The molecule has 6 heteroatoms. The molecule has 0 aromatic heterocycles. The third-order valence-corrected chi connectivity index (χ3v) is 4.92. The standard InChI is InChI=1S/C23H24FNO4/c1-3-5-14-25-20(15-8-12-18(13-9-15)29-4-2)19(22(27)23(25)28)21(26)16-6-10-17(24)11-7-16/h6-13,20,26H,3-5,14H2,1-2H3/b21-19-. The zero-order valence-corrected chi connectivity index (χ0v) is 16.5. The summed E-state index contributed by atoms with van der Waals surface area (Å²) in [5, 5.41) is 10.8. The van der Waals surface area contributed by atoms with Crippen molar-refractivity contribution in [1.82, 2.24) is 4.90 Å². The summed E-state index contributed by atoms with van der Waals surface area (Å²) >= 11 is 0. The Labute approximate surface area is 169 Å². The third kappa shape index (κ3) is 4.16. The highest BCUT2D eigenvalue weighted by atomic mass is 19.1. The van der Waals surface area contributed by atoms with Gasteiger partial charge in [0.05, 0.1) is 18.2 Å². The van der Waals surface area contributed by atoms with Crippen LogP contribution < -0.4 is 4.74 Å². The molecule has 1 aliphatic rings. The van der Waals surface area contributed by atoms with Gasteiger partial charge < -0.3 is 14.7 Å². The summed E-state index contributed by atoms with van der Waals surface area (Å²) in [7, 11) is 0. The SMILES string of the molecule is CCCCN1C(=O)C(=O)/C(=C(\O)c2ccc(F)cc2)C1c1ccc(OCC)cc1. The molecule has 0 spiro atoms. The van der Waals surface area contributed by atoms with Crippen LogP contribution in [-0.4, -0.2) is 34.8 Å². The fourth-order valence-corrected chi connectivity index (χ4v) is 3.46. The Balaban J connectivity index is 2.10. The molecule has 29 heavy (non-hydrogen) atoms. The van der Waals surface area contributed by atoms with E-state index in [1.165, 1.54) is 29.2 Å². The highest BCUT2D eigenvalue weighted by Crippen LogP contribution is 2.39. The predicted octanol–water partition coefficient (Wildman–Crippen LogP) is 4.45. The van der Waals surface area contributed by atoms with Gasteiger partial charge in [-0.05, 0) is 55.3 Å². The zero-order chi connectivity index (χ0) is 21.0. The van der Waals surface area contributed by atoms with E-state index in [0.717, 1.165) is 12.8 Å². The minimum Gasteiger partial charge on any atom is -0.507 e. The Morgan fingerprint density at radius 2 is 1.72 bits per heavy atom. The van der Waals surface area contributed by atoms with Crippen LogP contribution in [0.15, 0.2) is 54.1 Å². The van der Waals surface area contributed by atoms with E-state index < -0.39 is 23.5 Å². The number of ether oxygens (including phenoxy) is 1. The Bertz CT molecular complexity index is 919. The van der Waals surface area contributed by atoms with Gasteiger partial charge >= 0.3 is 0 Å². The molecule has 0 saturated carbocycles. The number of likely N-dealkylation sites (tertiary alicyclic amines) is 1. The van der Waals surface area contributed by atoms with Gasteiger partial charge in [0.15, 0.2) is 0 Å². The van der Waals surface area contributed by atoms with Crippen LogP contribution in [0.3, 0.4) is 0 Å². The monoisotopic (exact) mass is 397 g/mol. The molecule has 152 valence electrons. The van der Waals surface area contributed by atoms with E-state index in [2.05, 4.69) is 0 Å². The van der Waals surface area contributed by atoms with Gasteiger partial charge in [0, 0.05) is 12.1 Å². The fourth-order valence-electron chi connectivity index (χ4n) is 3.46. The van der Waals surface area contributed by atoms with E-state index in [4.69, 9.17) is 4.74 Å². The molecule has 1 unspecified atom stereocenters. The van der Waals surface area contributed by atoms with Crippen molar-refractivity contribution in [3.63, 3.8) is 0 Å². The fraction of sp³-hybridized carbons (Fsp3) is 0.304. The summed E-state index contributed by atoms with van der Waals surface area (Å²) in [5.74, 6) is -1.45. The van der Waals surface area contributed by atoms with Crippen LogP contribution in [0.1, 0.15) is 43.9 Å². The molecule has 0 bridgehead atoms.